The molecule has 1 atom stereocenters. The van der Waals surface area contributed by atoms with Crippen LogP contribution < -0.4 is 15.4 Å². The van der Waals surface area contributed by atoms with Gasteiger partial charge in [0, 0.05) is 23.7 Å². The van der Waals surface area contributed by atoms with Crippen LogP contribution >= 0.6 is 11.6 Å². The number of ether oxygens (including phenoxy) is 1. The van der Waals surface area contributed by atoms with Crippen molar-refractivity contribution >= 4 is 39.9 Å². The van der Waals surface area contributed by atoms with Gasteiger partial charge >= 0.3 is 5.97 Å². The zero-order valence-electron chi connectivity index (χ0n) is 25.6. The van der Waals surface area contributed by atoms with Gasteiger partial charge in [0.2, 0.25) is 0 Å². The van der Waals surface area contributed by atoms with E-state index >= 15 is 0 Å². The van der Waals surface area contributed by atoms with E-state index in [4.69, 9.17) is 16.3 Å². The third-order valence-electron chi connectivity index (χ3n) is 7.77. The highest BCUT2D eigenvalue weighted by molar-refractivity contribution is 6.31. The van der Waals surface area contributed by atoms with Gasteiger partial charge in [-0.25, -0.2) is 4.79 Å². The highest BCUT2D eigenvalue weighted by atomic mass is 35.5. The molecule has 0 heterocycles. The standard InChI is InChI=1S/C38H37ClN2O4/c1-38(2,3)29-15-11-26(12-16-29)24-45-31-18-13-25(14-19-31)21-35(37(43)44)41-36(42)33-22-30(39)17-20-34(33)40-23-28-9-6-8-27-7-4-5-10-32(27)28/h4-20,22,35,40H,21,23-24H2,1-3H3,(H,41,42)(H,43,44)/t35-/m0/s1. The normalized spacial score (nSPS) is 12.0. The van der Waals surface area contributed by atoms with E-state index in [2.05, 4.69) is 73.9 Å². The summed E-state index contributed by atoms with van der Waals surface area (Å²) in [7, 11) is 0. The van der Waals surface area contributed by atoms with E-state index in [0.29, 0.717) is 29.6 Å². The lowest BCUT2D eigenvalue weighted by atomic mass is 9.87. The van der Waals surface area contributed by atoms with E-state index < -0.39 is 17.9 Å². The van der Waals surface area contributed by atoms with Gasteiger partial charge in [-0.1, -0.05) is 111 Å². The Morgan fingerprint density at radius 1 is 0.844 bits per heavy atom. The molecule has 1 amide bonds. The molecule has 5 aromatic carbocycles. The van der Waals surface area contributed by atoms with Crippen molar-refractivity contribution in [3.05, 3.63) is 142 Å². The summed E-state index contributed by atoms with van der Waals surface area (Å²) in [4.78, 5) is 25.6. The van der Waals surface area contributed by atoms with Crippen LogP contribution in [0.2, 0.25) is 5.02 Å². The van der Waals surface area contributed by atoms with Crippen LogP contribution in [-0.2, 0) is 29.8 Å². The number of carboxylic acids is 1. The van der Waals surface area contributed by atoms with E-state index in [-0.39, 0.29) is 17.4 Å². The van der Waals surface area contributed by atoms with E-state index in [1.165, 1.54) is 5.56 Å². The van der Waals surface area contributed by atoms with Crippen LogP contribution in [0.25, 0.3) is 10.8 Å². The zero-order chi connectivity index (χ0) is 32.0. The molecule has 0 aliphatic rings. The molecule has 45 heavy (non-hydrogen) atoms. The number of amides is 1. The number of hydrogen-bond acceptors (Lipinski definition) is 4. The van der Waals surface area contributed by atoms with Gasteiger partial charge in [-0.3, -0.25) is 4.79 Å². The Kier molecular flexibility index (Phi) is 9.74. The molecule has 3 N–H and O–H groups in total. The minimum atomic E-state index is -1.14. The topological polar surface area (TPSA) is 87.7 Å². The highest BCUT2D eigenvalue weighted by Gasteiger charge is 2.23. The minimum absolute atomic E-state index is 0.0912. The van der Waals surface area contributed by atoms with Gasteiger partial charge in [-0.05, 0) is 68.8 Å². The van der Waals surface area contributed by atoms with Gasteiger partial charge in [0.05, 0.1) is 5.56 Å². The van der Waals surface area contributed by atoms with Crippen molar-refractivity contribution in [1.29, 1.82) is 0 Å². The molecule has 7 heteroatoms. The molecule has 230 valence electrons. The quantitative estimate of drug-likeness (QED) is 0.138. The fraction of sp³-hybridized carbons (Fsp3) is 0.211. The minimum Gasteiger partial charge on any atom is -0.489 e. The summed E-state index contributed by atoms with van der Waals surface area (Å²) in [6.45, 7) is 7.44. The Balaban J connectivity index is 1.22. The number of aliphatic carboxylic acids is 1. The number of carboxylic acid groups (broad SMARTS) is 1. The molecule has 0 bridgehead atoms. The number of rotatable bonds is 11. The van der Waals surface area contributed by atoms with Crippen molar-refractivity contribution in [3.63, 3.8) is 0 Å². The Hall–Kier alpha value is -4.81. The molecule has 0 aliphatic heterocycles. The number of hydrogen-bond donors (Lipinski definition) is 3. The summed E-state index contributed by atoms with van der Waals surface area (Å²) in [6.07, 6.45) is 0.106. The van der Waals surface area contributed by atoms with Crippen LogP contribution in [0.4, 0.5) is 5.69 Å². The van der Waals surface area contributed by atoms with Crippen LogP contribution in [0.15, 0.2) is 109 Å². The number of fused-ring (bicyclic) bond motifs is 1. The van der Waals surface area contributed by atoms with Gasteiger partial charge in [0.15, 0.2) is 0 Å². The Labute approximate surface area is 269 Å². The lowest BCUT2D eigenvalue weighted by Gasteiger charge is -2.19. The third-order valence-corrected chi connectivity index (χ3v) is 8.00. The Bertz CT molecular complexity index is 1790. The first-order valence-electron chi connectivity index (χ1n) is 14.9. The maximum Gasteiger partial charge on any atom is 0.326 e. The second-order valence-corrected chi connectivity index (χ2v) is 12.6. The van der Waals surface area contributed by atoms with Crippen LogP contribution in [-0.4, -0.2) is 23.0 Å². The smallest absolute Gasteiger partial charge is 0.326 e. The first-order chi connectivity index (χ1) is 21.6. The molecule has 0 aromatic heterocycles. The molecule has 5 rings (SSSR count). The molecule has 0 saturated heterocycles. The number of carbonyl (C=O) groups is 2. The van der Waals surface area contributed by atoms with E-state index in [9.17, 15) is 14.7 Å². The van der Waals surface area contributed by atoms with Crippen molar-refractivity contribution in [3.8, 4) is 5.75 Å². The van der Waals surface area contributed by atoms with Crippen LogP contribution in [0.3, 0.4) is 0 Å². The molecule has 0 aliphatic carbocycles. The number of halogens is 1. The predicted octanol–water partition coefficient (Wildman–Crippen LogP) is 8.41. The van der Waals surface area contributed by atoms with Crippen LogP contribution in [0.1, 0.15) is 53.4 Å². The second-order valence-electron chi connectivity index (χ2n) is 12.1. The Morgan fingerprint density at radius 2 is 1.53 bits per heavy atom. The van der Waals surface area contributed by atoms with Gasteiger partial charge in [0.1, 0.15) is 18.4 Å². The number of benzene rings is 5. The summed E-state index contributed by atoms with van der Waals surface area (Å²) < 4.78 is 5.94. The van der Waals surface area contributed by atoms with Crippen LogP contribution in [0, 0.1) is 0 Å². The fourth-order valence-corrected chi connectivity index (χ4v) is 5.33. The molecule has 6 nitrogen and oxygen atoms in total. The number of carbonyl (C=O) groups excluding carboxylic acids is 1. The van der Waals surface area contributed by atoms with E-state index in [0.717, 1.165) is 27.5 Å². The van der Waals surface area contributed by atoms with Gasteiger partial charge < -0.3 is 20.5 Å². The third kappa shape index (κ3) is 8.22. The maximum atomic E-state index is 13.4. The summed E-state index contributed by atoms with van der Waals surface area (Å²) in [5, 5.41) is 18.6. The summed E-state index contributed by atoms with van der Waals surface area (Å²) >= 11 is 6.25. The number of nitrogens with one attached hydrogen (secondary N) is 2. The van der Waals surface area contributed by atoms with Crippen molar-refractivity contribution in [2.24, 2.45) is 0 Å². The predicted molar refractivity (Wildman–Crippen MR) is 181 cm³/mol. The van der Waals surface area contributed by atoms with Crippen molar-refractivity contribution in [2.45, 2.75) is 51.8 Å². The number of anilines is 1. The van der Waals surface area contributed by atoms with Gasteiger partial charge in [-0.15, -0.1) is 0 Å². The van der Waals surface area contributed by atoms with Crippen molar-refractivity contribution < 1.29 is 19.4 Å². The maximum absolute atomic E-state index is 13.4. The van der Waals surface area contributed by atoms with Crippen LogP contribution in [0.5, 0.6) is 5.75 Å². The largest absolute Gasteiger partial charge is 0.489 e. The SMILES string of the molecule is CC(C)(C)c1ccc(COc2ccc(C[C@H](NC(=O)c3cc(Cl)ccc3NCc3cccc4ccccc34)C(=O)O)cc2)cc1. The average molecular weight is 621 g/mol. The Morgan fingerprint density at radius 3 is 2.24 bits per heavy atom. The molecule has 0 radical (unpaired) electrons. The van der Waals surface area contributed by atoms with Crippen molar-refractivity contribution in [1.82, 2.24) is 5.32 Å². The zero-order valence-corrected chi connectivity index (χ0v) is 26.4. The van der Waals surface area contributed by atoms with Gasteiger partial charge in [0.25, 0.3) is 5.91 Å². The molecular formula is C38H37ClN2O4. The molecule has 5 aromatic rings. The molecule has 0 saturated carbocycles. The molecule has 0 fully saturated rings. The van der Waals surface area contributed by atoms with Gasteiger partial charge in [-0.2, -0.15) is 0 Å². The first-order valence-corrected chi connectivity index (χ1v) is 15.3. The lowest BCUT2D eigenvalue weighted by molar-refractivity contribution is -0.139. The first kappa shape index (κ1) is 31.6. The molecular weight excluding hydrogens is 584 g/mol. The lowest BCUT2D eigenvalue weighted by Crippen LogP contribution is -2.42. The fourth-order valence-electron chi connectivity index (χ4n) is 5.16. The summed E-state index contributed by atoms with van der Waals surface area (Å²) in [6, 6.07) is 33.7. The monoisotopic (exact) mass is 620 g/mol. The molecule has 0 spiro atoms. The van der Waals surface area contributed by atoms with E-state index in [1.807, 2.05) is 48.5 Å². The second kappa shape index (κ2) is 13.9. The molecule has 0 unspecified atom stereocenters. The summed E-state index contributed by atoms with van der Waals surface area (Å²) in [5.41, 5.74) is 5.08. The average Bonchev–Trinajstić information content (AvgIpc) is 3.03. The van der Waals surface area contributed by atoms with Crippen molar-refractivity contribution in [2.75, 3.05) is 5.32 Å². The highest BCUT2D eigenvalue weighted by Crippen LogP contribution is 2.25. The summed E-state index contributed by atoms with van der Waals surface area (Å²) in [5.74, 6) is -0.979. The van der Waals surface area contributed by atoms with E-state index in [1.54, 1.807) is 18.2 Å².